The van der Waals surface area contributed by atoms with Crippen molar-refractivity contribution in [1.82, 2.24) is 4.90 Å². The molecule has 1 saturated carbocycles. The van der Waals surface area contributed by atoms with Crippen LogP contribution in [-0.2, 0) is 0 Å². The summed E-state index contributed by atoms with van der Waals surface area (Å²) in [6, 6.07) is 0.797. The van der Waals surface area contributed by atoms with Gasteiger partial charge in [0.05, 0.1) is 0 Å². The Morgan fingerprint density at radius 3 is 2.33 bits per heavy atom. The van der Waals surface area contributed by atoms with Crippen LogP contribution in [0.3, 0.4) is 0 Å². The van der Waals surface area contributed by atoms with Crippen LogP contribution in [0.4, 0.5) is 0 Å². The van der Waals surface area contributed by atoms with Gasteiger partial charge in [-0.3, -0.25) is 4.90 Å². The molecule has 0 saturated heterocycles. The van der Waals surface area contributed by atoms with E-state index in [4.69, 9.17) is 5.73 Å². The van der Waals surface area contributed by atoms with E-state index in [2.05, 4.69) is 32.7 Å². The first-order chi connectivity index (χ1) is 6.99. The smallest absolute Gasteiger partial charge is 0.0303 e. The molecule has 1 rings (SSSR count). The third-order valence-corrected chi connectivity index (χ3v) is 4.17. The van der Waals surface area contributed by atoms with E-state index in [0.717, 1.165) is 18.5 Å². The zero-order valence-electron chi connectivity index (χ0n) is 10.9. The summed E-state index contributed by atoms with van der Waals surface area (Å²) in [5.41, 5.74) is 6.19. The molecule has 1 aliphatic rings. The Morgan fingerprint density at radius 2 is 2.00 bits per heavy atom. The first-order valence-electron chi connectivity index (χ1n) is 6.42. The minimum atomic E-state index is 0.218. The lowest BCUT2D eigenvalue weighted by molar-refractivity contribution is 0.0407. The van der Waals surface area contributed by atoms with E-state index in [1.165, 1.54) is 32.1 Å². The lowest BCUT2D eigenvalue weighted by atomic mass is 9.84. The Kier molecular flexibility index (Phi) is 4.60. The van der Waals surface area contributed by atoms with Crippen LogP contribution in [-0.4, -0.2) is 30.1 Å². The van der Waals surface area contributed by atoms with Gasteiger partial charge in [0.1, 0.15) is 0 Å². The second-order valence-corrected chi connectivity index (χ2v) is 5.83. The molecular weight excluding hydrogens is 184 g/mol. The SMILES string of the molecule is CC(C)CCC(C)(CN)N(C)C1CCC1. The Morgan fingerprint density at radius 1 is 1.40 bits per heavy atom. The van der Waals surface area contributed by atoms with Crippen molar-refractivity contribution < 1.29 is 0 Å². The minimum absolute atomic E-state index is 0.218. The lowest BCUT2D eigenvalue weighted by Gasteiger charge is -2.47. The summed E-state index contributed by atoms with van der Waals surface area (Å²) in [4.78, 5) is 2.54. The van der Waals surface area contributed by atoms with E-state index in [-0.39, 0.29) is 5.54 Å². The molecule has 0 aromatic carbocycles. The molecule has 2 heteroatoms. The molecule has 0 amide bonds. The van der Waals surface area contributed by atoms with Crippen LogP contribution in [0, 0.1) is 5.92 Å². The maximum atomic E-state index is 5.97. The molecule has 0 radical (unpaired) electrons. The van der Waals surface area contributed by atoms with Crippen molar-refractivity contribution in [2.24, 2.45) is 11.7 Å². The van der Waals surface area contributed by atoms with Crippen molar-refractivity contribution in [3.63, 3.8) is 0 Å². The normalized spacial score (nSPS) is 21.8. The molecule has 2 N–H and O–H groups in total. The van der Waals surface area contributed by atoms with Crippen LogP contribution in [0.2, 0.25) is 0 Å². The predicted molar refractivity (Wildman–Crippen MR) is 66.9 cm³/mol. The summed E-state index contributed by atoms with van der Waals surface area (Å²) in [7, 11) is 2.26. The Hall–Kier alpha value is -0.0800. The minimum Gasteiger partial charge on any atom is -0.329 e. The van der Waals surface area contributed by atoms with Crippen LogP contribution >= 0.6 is 0 Å². The van der Waals surface area contributed by atoms with Gasteiger partial charge in [0.25, 0.3) is 0 Å². The Labute approximate surface area is 95.2 Å². The highest BCUT2D eigenvalue weighted by Crippen LogP contribution is 2.31. The van der Waals surface area contributed by atoms with Gasteiger partial charge in [-0.25, -0.2) is 0 Å². The molecule has 0 aromatic rings. The molecule has 1 atom stereocenters. The second kappa shape index (κ2) is 5.31. The van der Waals surface area contributed by atoms with Gasteiger partial charge in [0.2, 0.25) is 0 Å². The summed E-state index contributed by atoms with van der Waals surface area (Å²) >= 11 is 0. The van der Waals surface area contributed by atoms with Crippen molar-refractivity contribution >= 4 is 0 Å². The van der Waals surface area contributed by atoms with Gasteiger partial charge in [-0.05, 0) is 45.6 Å². The molecule has 1 fully saturated rings. The molecule has 0 bridgehead atoms. The van der Waals surface area contributed by atoms with Crippen LogP contribution < -0.4 is 5.73 Å². The number of hydrogen-bond donors (Lipinski definition) is 1. The average Bonchev–Trinajstić information content (AvgIpc) is 2.11. The van der Waals surface area contributed by atoms with Gasteiger partial charge in [0, 0.05) is 18.1 Å². The topological polar surface area (TPSA) is 29.3 Å². The summed E-state index contributed by atoms with van der Waals surface area (Å²) < 4.78 is 0. The molecule has 1 aliphatic carbocycles. The Balaban J connectivity index is 2.49. The zero-order chi connectivity index (χ0) is 11.5. The molecular formula is C13H28N2. The van der Waals surface area contributed by atoms with Crippen LogP contribution in [0.1, 0.15) is 52.9 Å². The summed E-state index contributed by atoms with van der Waals surface area (Å²) in [5.74, 6) is 0.783. The van der Waals surface area contributed by atoms with E-state index in [1.807, 2.05) is 0 Å². The number of hydrogen-bond acceptors (Lipinski definition) is 2. The maximum absolute atomic E-state index is 5.97. The summed E-state index contributed by atoms with van der Waals surface area (Å²) in [6.07, 6.45) is 6.65. The standard InChI is InChI=1S/C13H28N2/c1-11(2)8-9-13(3,10-14)15(4)12-6-5-7-12/h11-12H,5-10,14H2,1-4H3. The summed E-state index contributed by atoms with van der Waals surface area (Å²) in [6.45, 7) is 7.70. The van der Waals surface area contributed by atoms with Crippen LogP contribution in [0.25, 0.3) is 0 Å². The highest BCUT2D eigenvalue weighted by Gasteiger charge is 2.34. The van der Waals surface area contributed by atoms with Crippen LogP contribution in [0.15, 0.2) is 0 Å². The molecule has 0 aliphatic heterocycles. The first-order valence-corrected chi connectivity index (χ1v) is 6.42. The van der Waals surface area contributed by atoms with Crippen molar-refractivity contribution in [3.05, 3.63) is 0 Å². The molecule has 0 spiro atoms. The number of nitrogens with two attached hydrogens (primary N) is 1. The van der Waals surface area contributed by atoms with Gasteiger partial charge in [0.15, 0.2) is 0 Å². The summed E-state index contributed by atoms with van der Waals surface area (Å²) in [5, 5.41) is 0. The van der Waals surface area contributed by atoms with Gasteiger partial charge in [-0.15, -0.1) is 0 Å². The highest BCUT2D eigenvalue weighted by atomic mass is 15.2. The van der Waals surface area contributed by atoms with Crippen molar-refractivity contribution in [3.8, 4) is 0 Å². The quantitative estimate of drug-likeness (QED) is 0.733. The number of likely N-dealkylation sites (N-methyl/N-ethyl adjacent to an activating group) is 1. The van der Waals surface area contributed by atoms with E-state index >= 15 is 0 Å². The molecule has 0 aromatic heterocycles. The fourth-order valence-electron chi connectivity index (χ4n) is 2.24. The maximum Gasteiger partial charge on any atom is 0.0303 e. The van der Waals surface area contributed by atoms with E-state index < -0.39 is 0 Å². The van der Waals surface area contributed by atoms with Gasteiger partial charge < -0.3 is 5.73 Å². The third kappa shape index (κ3) is 3.18. The zero-order valence-corrected chi connectivity index (χ0v) is 10.9. The van der Waals surface area contributed by atoms with Gasteiger partial charge in [-0.1, -0.05) is 20.3 Å². The molecule has 2 nitrogen and oxygen atoms in total. The predicted octanol–water partition coefficient (Wildman–Crippen LogP) is 2.62. The molecule has 1 unspecified atom stereocenters. The van der Waals surface area contributed by atoms with Gasteiger partial charge in [-0.2, -0.15) is 0 Å². The molecule has 90 valence electrons. The Bertz CT molecular complexity index is 187. The highest BCUT2D eigenvalue weighted by molar-refractivity contribution is 4.92. The van der Waals surface area contributed by atoms with Crippen molar-refractivity contribution in [1.29, 1.82) is 0 Å². The second-order valence-electron chi connectivity index (χ2n) is 5.83. The van der Waals surface area contributed by atoms with E-state index in [1.54, 1.807) is 0 Å². The van der Waals surface area contributed by atoms with E-state index in [0.29, 0.717) is 0 Å². The van der Waals surface area contributed by atoms with Gasteiger partial charge >= 0.3 is 0 Å². The molecule has 0 heterocycles. The first kappa shape index (κ1) is 13.0. The van der Waals surface area contributed by atoms with E-state index in [9.17, 15) is 0 Å². The van der Waals surface area contributed by atoms with Crippen LogP contribution in [0.5, 0.6) is 0 Å². The number of nitrogens with zero attached hydrogens (tertiary/aromatic N) is 1. The third-order valence-electron chi connectivity index (χ3n) is 4.17. The average molecular weight is 212 g/mol. The van der Waals surface area contributed by atoms with Crippen molar-refractivity contribution in [2.45, 2.75) is 64.5 Å². The lowest BCUT2D eigenvalue weighted by Crippen LogP contribution is -2.55. The fraction of sp³-hybridized carbons (Fsp3) is 1.00. The monoisotopic (exact) mass is 212 g/mol. The molecule has 15 heavy (non-hydrogen) atoms. The largest absolute Gasteiger partial charge is 0.329 e. The fourth-order valence-corrected chi connectivity index (χ4v) is 2.24. The van der Waals surface area contributed by atoms with Crippen molar-refractivity contribution in [2.75, 3.05) is 13.6 Å². The number of rotatable bonds is 6.